The lowest BCUT2D eigenvalue weighted by molar-refractivity contribution is -0.167. The molecular formula is C18H18F3NO4. The fraction of sp³-hybridized carbons (Fsp3) is 0.278. The number of alkyl halides is 3. The molecule has 0 bridgehead atoms. The first-order valence-corrected chi connectivity index (χ1v) is 7.53. The van der Waals surface area contributed by atoms with Crippen molar-refractivity contribution in [1.82, 2.24) is 0 Å². The number of rotatable bonds is 6. The Balaban J connectivity index is 2.45. The van der Waals surface area contributed by atoms with E-state index in [4.69, 9.17) is 14.2 Å². The van der Waals surface area contributed by atoms with E-state index in [-0.39, 0.29) is 5.69 Å². The van der Waals surface area contributed by atoms with E-state index in [0.717, 1.165) is 0 Å². The van der Waals surface area contributed by atoms with Gasteiger partial charge in [0.05, 0.1) is 19.9 Å². The van der Waals surface area contributed by atoms with Gasteiger partial charge in [0.1, 0.15) is 17.6 Å². The summed E-state index contributed by atoms with van der Waals surface area (Å²) in [4.78, 5) is 11.4. The summed E-state index contributed by atoms with van der Waals surface area (Å²) in [6.07, 6.45) is -5.71. The second kappa shape index (κ2) is 8.09. The Kier molecular flexibility index (Phi) is 6.10. The normalized spacial score (nSPS) is 12.4. The van der Waals surface area contributed by atoms with Crippen molar-refractivity contribution in [3.8, 4) is 11.5 Å². The van der Waals surface area contributed by atoms with Crippen molar-refractivity contribution in [2.75, 3.05) is 26.6 Å². The zero-order valence-corrected chi connectivity index (χ0v) is 14.4. The standard InChI is InChI=1S/C18H18F3NO4/c1-24-12-6-4-11(5-7-12)16(26-3)14-9-8-13(25-2)10-15(14)22-17(23)18(19,20)21/h4-10,16H,1-3H3,(H,22,23). The van der Waals surface area contributed by atoms with Gasteiger partial charge in [-0.25, -0.2) is 0 Å². The summed E-state index contributed by atoms with van der Waals surface area (Å²) in [5.41, 5.74) is 0.992. The number of hydrogen-bond acceptors (Lipinski definition) is 4. The fourth-order valence-corrected chi connectivity index (χ4v) is 2.41. The predicted molar refractivity (Wildman–Crippen MR) is 89.5 cm³/mol. The molecule has 0 radical (unpaired) electrons. The maximum atomic E-state index is 12.6. The quantitative estimate of drug-likeness (QED) is 0.838. The molecule has 5 nitrogen and oxygen atoms in total. The summed E-state index contributed by atoms with van der Waals surface area (Å²) in [5.74, 6) is -1.14. The number of hydrogen-bond donors (Lipinski definition) is 1. The largest absolute Gasteiger partial charge is 0.497 e. The Morgan fingerprint density at radius 1 is 0.962 bits per heavy atom. The minimum Gasteiger partial charge on any atom is -0.497 e. The monoisotopic (exact) mass is 369 g/mol. The lowest BCUT2D eigenvalue weighted by Crippen LogP contribution is -2.30. The highest BCUT2D eigenvalue weighted by Gasteiger charge is 2.39. The molecule has 0 fully saturated rings. The average Bonchev–Trinajstić information content (AvgIpc) is 2.63. The second-order valence-corrected chi connectivity index (χ2v) is 5.29. The number of ether oxygens (including phenoxy) is 3. The van der Waals surface area contributed by atoms with Crippen molar-refractivity contribution in [1.29, 1.82) is 0 Å². The third-order valence-electron chi connectivity index (χ3n) is 3.70. The van der Waals surface area contributed by atoms with Crippen molar-refractivity contribution >= 4 is 11.6 Å². The molecule has 2 rings (SSSR count). The molecule has 26 heavy (non-hydrogen) atoms. The van der Waals surface area contributed by atoms with Crippen LogP contribution in [0, 0.1) is 0 Å². The van der Waals surface area contributed by atoms with Crippen LogP contribution in [0.3, 0.4) is 0 Å². The maximum Gasteiger partial charge on any atom is 0.471 e. The van der Waals surface area contributed by atoms with E-state index in [1.54, 1.807) is 36.4 Å². The van der Waals surface area contributed by atoms with Gasteiger partial charge >= 0.3 is 12.1 Å². The van der Waals surface area contributed by atoms with Crippen molar-refractivity contribution in [2.24, 2.45) is 0 Å². The minimum absolute atomic E-state index is 0.0469. The molecule has 0 aliphatic carbocycles. The van der Waals surface area contributed by atoms with Crippen LogP contribution in [0.1, 0.15) is 17.2 Å². The van der Waals surface area contributed by atoms with Gasteiger partial charge in [0, 0.05) is 18.7 Å². The van der Waals surface area contributed by atoms with Crippen LogP contribution in [0.2, 0.25) is 0 Å². The molecule has 0 heterocycles. The van der Waals surface area contributed by atoms with Crippen LogP contribution in [-0.2, 0) is 9.53 Å². The van der Waals surface area contributed by atoms with Gasteiger partial charge in [-0.05, 0) is 23.8 Å². The van der Waals surface area contributed by atoms with E-state index >= 15 is 0 Å². The Hall–Kier alpha value is -2.74. The highest BCUT2D eigenvalue weighted by atomic mass is 19.4. The molecule has 8 heteroatoms. The molecule has 1 amide bonds. The molecule has 1 atom stereocenters. The third kappa shape index (κ3) is 4.45. The summed E-state index contributed by atoms with van der Waals surface area (Å²) < 4.78 is 53.5. The van der Waals surface area contributed by atoms with Crippen LogP contribution in [0.15, 0.2) is 42.5 Å². The lowest BCUT2D eigenvalue weighted by atomic mass is 9.99. The first kappa shape index (κ1) is 19.6. The van der Waals surface area contributed by atoms with E-state index in [9.17, 15) is 18.0 Å². The minimum atomic E-state index is -5.01. The van der Waals surface area contributed by atoms with Crippen molar-refractivity contribution in [3.05, 3.63) is 53.6 Å². The van der Waals surface area contributed by atoms with E-state index in [2.05, 4.69) is 0 Å². The Morgan fingerprint density at radius 3 is 2.04 bits per heavy atom. The molecule has 0 aliphatic rings. The fourth-order valence-electron chi connectivity index (χ4n) is 2.41. The molecule has 0 aromatic heterocycles. The molecule has 0 spiro atoms. The predicted octanol–water partition coefficient (Wildman–Crippen LogP) is 3.94. The Morgan fingerprint density at radius 2 is 1.54 bits per heavy atom. The number of halogens is 3. The number of amides is 1. The highest BCUT2D eigenvalue weighted by molar-refractivity contribution is 5.95. The zero-order valence-electron chi connectivity index (χ0n) is 14.4. The van der Waals surface area contributed by atoms with Crippen molar-refractivity contribution in [3.63, 3.8) is 0 Å². The molecule has 0 saturated heterocycles. The van der Waals surface area contributed by atoms with Crippen LogP contribution >= 0.6 is 0 Å². The molecule has 2 aromatic rings. The van der Waals surface area contributed by atoms with Crippen LogP contribution in [0.4, 0.5) is 18.9 Å². The molecular weight excluding hydrogens is 351 g/mol. The summed E-state index contributed by atoms with van der Waals surface area (Å²) in [6, 6.07) is 11.3. The van der Waals surface area contributed by atoms with Crippen LogP contribution in [-0.4, -0.2) is 33.4 Å². The SMILES string of the molecule is COc1ccc(C(OC)c2ccc(OC)cc2NC(=O)C(F)(F)F)cc1. The molecule has 1 unspecified atom stereocenters. The first-order valence-electron chi connectivity index (χ1n) is 7.53. The second-order valence-electron chi connectivity index (χ2n) is 5.29. The maximum absolute atomic E-state index is 12.6. The molecule has 1 N–H and O–H groups in total. The molecule has 140 valence electrons. The topological polar surface area (TPSA) is 56.8 Å². The third-order valence-corrected chi connectivity index (χ3v) is 3.70. The zero-order chi connectivity index (χ0) is 19.3. The van der Waals surface area contributed by atoms with Crippen molar-refractivity contribution in [2.45, 2.75) is 12.3 Å². The smallest absolute Gasteiger partial charge is 0.471 e. The number of methoxy groups -OCH3 is 3. The first-order chi connectivity index (χ1) is 12.3. The average molecular weight is 369 g/mol. The number of carbonyl (C=O) groups is 1. The number of nitrogens with one attached hydrogen (secondary N) is 1. The van der Waals surface area contributed by atoms with Gasteiger partial charge in [-0.3, -0.25) is 4.79 Å². The van der Waals surface area contributed by atoms with Gasteiger partial charge < -0.3 is 19.5 Å². The van der Waals surface area contributed by atoms with Crippen LogP contribution in [0.5, 0.6) is 11.5 Å². The summed E-state index contributed by atoms with van der Waals surface area (Å²) in [7, 11) is 4.33. The van der Waals surface area contributed by atoms with Gasteiger partial charge in [0.2, 0.25) is 0 Å². The summed E-state index contributed by atoms with van der Waals surface area (Å²) in [5, 5.41) is 1.88. The Labute approximate surface area is 148 Å². The summed E-state index contributed by atoms with van der Waals surface area (Å²) >= 11 is 0. The number of carbonyl (C=O) groups excluding carboxylic acids is 1. The Bertz CT molecular complexity index is 760. The summed E-state index contributed by atoms with van der Waals surface area (Å²) in [6.45, 7) is 0. The molecule has 2 aromatic carbocycles. The van der Waals surface area contributed by atoms with Crippen LogP contribution < -0.4 is 14.8 Å². The van der Waals surface area contributed by atoms with Gasteiger partial charge in [-0.1, -0.05) is 18.2 Å². The number of benzene rings is 2. The van der Waals surface area contributed by atoms with E-state index in [0.29, 0.717) is 22.6 Å². The van der Waals surface area contributed by atoms with Gasteiger partial charge in [0.15, 0.2) is 0 Å². The van der Waals surface area contributed by atoms with Gasteiger partial charge in [-0.15, -0.1) is 0 Å². The molecule has 0 saturated carbocycles. The van der Waals surface area contributed by atoms with E-state index in [1.165, 1.54) is 27.4 Å². The number of anilines is 1. The van der Waals surface area contributed by atoms with Crippen LogP contribution in [0.25, 0.3) is 0 Å². The van der Waals surface area contributed by atoms with Gasteiger partial charge in [0.25, 0.3) is 0 Å². The van der Waals surface area contributed by atoms with Gasteiger partial charge in [-0.2, -0.15) is 13.2 Å². The molecule has 0 aliphatic heterocycles. The van der Waals surface area contributed by atoms with E-state index < -0.39 is 18.2 Å². The lowest BCUT2D eigenvalue weighted by Gasteiger charge is -2.21. The highest BCUT2D eigenvalue weighted by Crippen LogP contribution is 2.35. The van der Waals surface area contributed by atoms with E-state index in [1.807, 2.05) is 5.32 Å². The van der Waals surface area contributed by atoms with Crippen molar-refractivity contribution < 1.29 is 32.2 Å².